The Kier molecular flexibility index (Phi) is 8.29. The second kappa shape index (κ2) is 11.6. The van der Waals surface area contributed by atoms with Crippen molar-refractivity contribution in [3.8, 4) is 0 Å². The molecule has 1 aromatic rings. The third-order valence-electron chi connectivity index (χ3n) is 7.45. The van der Waals surface area contributed by atoms with Crippen LogP contribution in [0.3, 0.4) is 0 Å². The van der Waals surface area contributed by atoms with E-state index in [0.717, 1.165) is 30.6 Å². The second-order valence-corrected chi connectivity index (χ2v) is 9.60. The van der Waals surface area contributed by atoms with Gasteiger partial charge in [-0.2, -0.15) is 0 Å². The SMILES string of the molecule is COC(=O)N1C[C@@H](OC(=O)N2CCCC2)C[C@H](C(=O)NO)[C@H]1C(=O)N1CCC(c2ccccc2)CC1. The highest BCUT2D eigenvalue weighted by atomic mass is 16.6. The van der Waals surface area contributed by atoms with Crippen LogP contribution in [0.5, 0.6) is 0 Å². The first-order valence-corrected chi connectivity index (χ1v) is 12.5. The summed E-state index contributed by atoms with van der Waals surface area (Å²) in [5.41, 5.74) is 2.84. The predicted octanol–water partition coefficient (Wildman–Crippen LogP) is 1.96. The number of carbonyl (C=O) groups is 4. The number of methoxy groups -OCH3 is 1. The predicted molar refractivity (Wildman–Crippen MR) is 127 cm³/mol. The lowest BCUT2D eigenvalue weighted by Crippen LogP contribution is -2.63. The highest BCUT2D eigenvalue weighted by Gasteiger charge is 2.49. The first kappa shape index (κ1) is 25.7. The van der Waals surface area contributed by atoms with Crippen LogP contribution < -0.4 is 5.48 Å². The summed E-state index contributed by atoms with van der Waals surface area (Å²) in [4.78, 5) is 56.1. The highest BCUT2D eigenvalue weighted by Crippen LogP contribution is 2.32. The Labute approximate surface area is 210 Å². The molecule has 3 aliphatic heterocycles. The molecule has 4 amide bonds. The van der Waals surface area contributed by atoms with Crippen LogP contribution in [0.1, 0.15) is 43.6 Å². The van der Waals surface area contributed by atoms with Crippen molar-refractivity contribution in [2.24, 2.45) is 5.92 Å². The number of hydroxylamine groups is 1. The van der Waals surface area contributed by atoms with E-state index in [1.807, 2.05) is 18.2 Å². The topological polar surface area (TPSA) is 129 Å². The van der Waals surface area contributed by atoms with Gasteiger partial charge in [-0.25, -0.2) is 15.1 Å². The summed E-state index contributed by atoms with van der Waals surface area (Å²) < 4.78 is 10.5. The van der Waals surface area contributed by atoms with Gasteiger partial charge in [-0.15, -0.1) is 0 Å². The Morgan fingerprint density at radius 1 is 0.944 bits per heavy atom. The molecule has 0 bridgehead atoms. The number of nitrogens with one attached hydrogen (secondary N) is 1. The molecular formula is C25H34N4O7. The molecule has 0 aliphatic carbocycles. The van der Waals surface area contributed by atoms with Gasteiger partial charge in [0.15, 0.2) is 0 Å². The summed E-state index contributed by atoms with van der Waals surface area (Å²) in [6.07, 6.45) is 1.15. The van der Waals surface area contributed by atoms with Crippen molar-refractivity contribution < 1.29 is 33.9 Å². The quantitative estimate of drug-likeness (QED) is 0.476. The molecule has 11 heteroatoms. The molecule has 3 heterocycles. The van der Waals surface area contributed by atoms with E-state index in [0.29, 0.717) is 32.1 Å². The first-order valence-electron chi connectivity index (χ1n) is 12.5. The molecule has 2 N–H and O–H groups in total. The van der Waals surface area contributed by atoms with Crippen LogP contribution in [0.4, 0.5) is 9.59 Å². The van der Waals surface area contributed by atoms with Crippen molar-refractivity contribution >= 4 is 24.0 Å². The largest absolute Gasteiger partial charge is 0.453 e. The second-order valence-electron chi connectivity index (χ2n) is 9.60. The maximum Gasteiger partial charge on any atom is 0.410 e. The summed E-state index contributed by atoms with van der Waals surface area (Å²) in [5.74, 6) is -1.99. The van der Waals surface area contributed by atoms with Crippen LogP contribution in [0, 0.1) is 5.92 Å². The number of hydrogen-bond acceptors (Lipinski definition) is 7. The van der Waals surface area contributed by atoms with Gasteiger partial charge in [0.25, 0.3) is 0 Å². The summed E-state index contributed by atoms with van der Waals surface area (Å²) >= 11 is 0. The van der Waals surface area contributed by atoms with Crippen molar-refractivity contribution in [1.82, 2.24) is 20.2 Å². The summed E-state index contributed by atoms with van der Waals surface area (Å²) in [5, 5.41) is 9.41. The smallest absolute Gasteiger partial charge is 0.410 e. The Morgan fingerprint density at radius 2 is 1.61 bits per heavy atom. The molecule has 1 aromatic carbocycles. The molecule has 0 aromatic heterocycles. The molecule has 3 atom stereocenters. The number of amides is 4. The fourth-order valence-electron chi connectivity index (χ4n) is 5.53. The Hall–Kier alpha value is -3.34. The van der Waals surface area contributed by atoms with Crippen LogP contribution >= 0.6 is 0 Å². The fraction of sp³-hybridized carbons (Fsp3) is 0.600. The molecule has 0 unspecified atom stereocenters. The van der Waals surface area contributed by atoms with Gasteiger partial charge < -0.3 is 19.3 Å². The van der Waals surface area contributed by atoms with Gasteiger partial charge in [-0.3, -0.25) is 19.7 Å². The molecule has 4 rings (SSSR count). The number of ether oxygens (including phenoxy) is 2. The zero-order valence-electron chi connectivity index (χ0n) is 20.5. The number of likely N-dealkylation sites (tertiary alicyclic amines) is 3. The first-order chi connectivity index (χ1) is 17.4. The van der Waals surface area contributed by atoms with Gasteiger partial charge >= 0.3 is 12.2 Å². The molecule has 0 spiro atoms. The van der Waals surface area contributed by atoms with E-state index < -0.39 is 36.2 Å². The lowest BCUT2D eigenvalue weighted by Gasteiger charge is -2.44. The lowest BCUT2D eigenvalue weighted by atomic mass is 9.84. The van der Waals surface area contributed by atoms with E-state index >= 15 is 0 Å². The van der Waals surface area contributed by atoms with E-state index in [-0.39, 0.29) is 18.9 Å². The number of carbonyl (C=O) groups excluding carboxylic acids is 4. The number of benzene rings is 1. The van der Waals surface area contributed by atoms with Gasteiger partial charge in [0.05, 0.1) is 19.6 Å². The highest BCUT2D eigenvalue weighted by molar-refractivity contribution is 5.92. The number of nitrogens with zero attached hydrogens (tertiary/aromatic N) is 3. The molecule has 0 saturated carbocycles. The van der Waals surface area contributed by atoms with Crippen molar-refractivity contribution in [1.29, 1.82) is 0 Å². The van der Waals surface area contributed by atoms with Gasteiger partial charge in [-0.05, 0) is 37.2 Å². The van der Waals surface area contributed by atoms with Crippen molar-refractivity contribution in [2.75, 3.05) is 39.8 Å². The van der Waals surface area contributed by atoms with E-state index in [9.17, 15) is 24.4 Å². The molecular weight excluding hydrogens is 468 g/mol. The normalized spacial score (nSPS) is 24.8. The summed E-state index contributed by atoms with van der Waals surface area (Å²) in [6, 6.07) is 8.93. The van der Waals surface area contributed by atoms with E-state index in [1.54, 1.807) is 15.3 Å². The van der Waals surface area contributed by atoms with Crippen LogP contribution in [0.25, 0.3) is 0 Å². The average Bonchev–Trinajstić information content (AvgIpc) is 3.47. The lowest BCUT2D eigenvalue weighted by molar-refractivity contribution is -0.152. The number of hydrogen-bond donors (Lipinski definition) is 2. The van der Waals surface area contributed by atoms with Gasteiger partial charge in [0.2, 0.25) is 11.8 Å². The summed E-state index contributed by atoms with van der Waals surface area (Å²) in [6.45, 7) is 2.05. The molecule has 36 heavy (non-hydrogen) atoms. The standard InChI is InChI=1S/C25H34N4O7/c1-35-25(33)29-16-19(36-24(32)28-11-5-6-12-28)15-20(22(30)26-34)21(29)23(31)27-13-9-18(10-14-27)17-7-3-2-4-8-17/h2-4,7-8,18-21,34H,5-6,9-16H2,1H3,(H,26,30)/t19-,20-,21-/m0/s1. The van der Waals surface area contributed by atoms with Crippen LogP contribution in [-0.2, 0) is 19.1 Å². The average molecular weight is 503 g/mol. The molecule has 3 saturated heterocycles. The Balaban J connectivity index is 1.50. The van der Waals surface area contributed by atoms with E-state index in [2.05, 4.69) is 12.1 Å². The van der Waals surface area contributed by atoms with Gasteiger partial charge in [-0.1, -0.05) is 30.3 Å². The van der Waals surface area contributed by atoms with E-state index in [4.69, 9.17) is 9.47 Å². The minimum Gasteiger partial charge on any atom is -0.453 e. The number of piperidine rings is 2. The van der Waals surface area contributed by atoms with Gasteiger partial charge in [0.1, 0.15) is 12.1 Å². The van der Waals surface area contributed by atoms with Crippen molar-refractivity contribution in [3.63, 3.8) is 0 Å². The molecule has 3 fully saturated rings. The molecule has 11 nitrogen and oxygen atoms in total. The maximum atomic E-state index is 13.7. The van der Waals surface area contributed by atoms with Crippen LogP contribution in [0.2, 0.25) is 0 Å². The van der Waals surface area contributed by atoms with Crippen LogP contribution in [0.15, 0.2) is 30.3 Å². The molecule has 196 valence electrons. The number of rotatable bonds is 4. The molecule has 0 radical (unpaired) electrons. The van der Waals surface area contributed by atoms with Gasteiger partial charge in [0, 0.05) is 32.6 Å². The Bertz CT molecular complexity index is 919. The third-order valence-corrected chi connectivity index (χ3v) is 7.45. The zero-order chi connectivity index (χ0) is 25.7. The monoisotopic (exact) mass is 502 g/mol. The fourth-order valence-corrected chi connectivity index (χ4v) is 5.53. The zero-order valence-corrected chi connectivity index (χ0v) is 20.5. The van der Waals surface area contributed by atoms with Crippen molar-refractivity contribution in [2.45, 2.75) is 50.2 Å². The van der Waals surface area contributed by atoms with Crippen molar-refractivity contribution in [3.05, 3.63) is 35.9 Å². The van der Waals surface area contributed by atoms with E-state index in [1.165, 1.54) is 12.7 Å². The minimum absolute atomic E-state index is 0.00362. The molecule has 3 aliphatic rings. The minimum atomic E-state index is -1.18. The Morgan fingerprint density at radius 3 is 2.22 bits per heavy atom. The van der Waals surface area contributed by atoms with Crippen LogP contribution in [-0.4, -0.2) is 95.9 Å². The maximum absolute atomic E-state index is 13.7. The summed E-state index contributed by atoms with van der Waals surface area (Å²) in [7, 11) is 1.19. The third kappa shape index (κ3) is 5.56.